The number of methoxy groups -OCH3 is 1. The molecule has 3 heterocycles. The van der Waals surface area contributed by atoms with Crippen LogP contribution in [0.2, 0.25) is 0 Å². The number of amides is 2. The van der Waals surface area contributed by atoms with Crippen LogP contribution in [0.5, 0.6) is 5.88 Å². The van der Waals surface area contributed by atoms with Crippen molar-refractivity contribution in [2.24, 2.45) is 11.3 Å². The number of pyridine rings is 1. The number of aromatic nitrogens is 3. The van der Waals surface area contributed by atoms with Crippen molar-refractivity contribution in [2.75, 3.05) is 20.2 Å². The monoisotopic (exact) mass is 497 g/mol. The number of halogens is 1. The first-order valence-electron chi connectivity index (χ1n) is 12.8. The molecule has 36 heavy (non-hydrogen) atoms. The van der Waals surface area contributed by atoms with Gasteiger partial charge >= 0.3 is 0 Å². The average Bonchev–Trinajstić information content (AvgIpc) is 3.23. The standard InChI is InChI=1S/C26H32FN5O4/c1-36-21-10-17(18(27)13-28-21)19-11-20(31-30-19)23(34)32-9-2-16(12-25(32)5-6-25)22(33)29-15-24-3-7-26(35,14-24)8-4-24/h10-11,13,16,35H,2-9,12,14-15H2,1H3,(H,29,33)(H,30,31)/t16-,24?,26?/m1/s1. The number of rotatable bonds is 6. The number of nitrogens with zero attached hydrogens (tertiary/aromatic N) is 3. The van der Waals surface area contributed by atoms with E-state index in [0.29, 0.717) is 31.6 Å². The summed E-state index contributed by atoms with van der Waals surface area (Å²) in [5, 5.41) is 20.6. The van der Waals surface area contributed by atoms with Gasteiger partial charge in [-0.05, 0) is 69.3 Å². The molecule has 1 aliphatic heterocycles. The van der Waals surface area contributed by atoms with Crippen molar-refractivity contribution in [1.82, 2.24) is 25.4 Å². The number of piperidine rings is 1. The fourth-order valence-electron chi connectivity index (χ4n) is 6.75. The number of aliphatic hydroxyl groups is 1. The molecule has 1 saturated heterocycles. The molecule has 3 saturated carbocycles. The van der Waals surface area contributed by atoms with Crippen LogP contribution in [0, 0.1) is 17.2 Å². The fourth-order valence-corrected chi connectivity index (χ4v) is 6.75. The minimum Gasteiger partial charge on any atom is -0.481 e. The second-order valence-corrected chi connectivity index (χ2v) is 11.4. The van der Waals surface area contributed by atoms with Gasteiger partial charge in [-0.1, -0.05) is 0 Å². The Hall–Kier alpha value is -3.01. The molecule has 0 aromatic carbocycles. The lowest BCUT2D eigenvalue weighted by molar-refractivity contribution is -0.127. The molecule has 9 nitrogen and oxygen atoms in total. The normalized spacial score (nSPS) is 30.0. The third kappa shape index (κ3) is 3.95. The molecule has 2 amide bonds. The lowest BCUT2D eigenvalue weighted by Gasteiger charge is -2.39. The van der Waals surface area contributed by atoms with Crippen LogP contribution in [0.1, 0.15) is 68.3 Å². The van der Waals surface area contributed by atoms with E-state index < -0.39 is 11.4 Å². The fraction of sp³-hybridized carbons (Fsp3) is 0.615. The first-order valence-corrected chi connectivity index (χ1v) is 12.8. The van der Waals surface area contributed by atoms with Crippen molar-refractivity contribution in [3.05, 3.63) is 29.8 Å². The molecule has 0 unspecified atom stereocenters. The number of aromatic amines is 1. The maximum atomic E-state index is 14.3. The minimum atomic E-state index is -0.539. The van der Waals surface area contributed by atoms with Crippen LogP contribution < -0.4 is 10.1 Å². The van der Waals surface area contributed by atoms with Crippen molar-refractivity contribution in [1.29, 1.82) is 0 Å². The maximum Gasteiger partial charge on any atom is 0.274 e. The zero-order chi connectivity index (χ0) is 25.1. The van der Waals surface area contributed by atoms with Crippen molar-refractivity contribution >= 4 is 11.8 Å². The molecule has 6 rings (SSSR count). The Morgan fingerprint density at radius 2 is 2.03 bits per heavy atom. The highest BCUT2D eigenvalue weighted by Gasteiger charge is 2.56. The maximum absolute atomic E-state index is 14.3. The predicted octanol–water partition coefficient (Wildman–Crippen LogP) is 2.82. The molecule has 0 radical (unpaired) electrons. The Balaban J connectivity index is 1.10. The lowest BCUT2D eigenvalue weighted by Crippen LogP contribution is -2.51. The molecule has 192 valence electrons. The summed E-state index contributed by atoms with van der Waals surface area (Å²) in [6.07, 6.45) is 8.47. The van der Waals surface area contributed by atoms with E-state index in [4.69, 9.17) is 4.74 Å². The topological polar surface area (TPSA) is 120 Å². The summed E-state index contributed by atoms with van der Waals surface area (Å²) in [6, 6.07) is 3.01. The van der Waals surface area contributed by atoms with Crippen molar-refractivity contribution < 1.29 is 23.8 Å². The Bertz CT molecular complexity index is 1200. The van der Waals surface area contributed by atoms with Gasteiger partial charge < -0.3 is 20.1 Å². The number of carbonyl (C=O) groups excluding carboxylic acids is 2. The van der Waals surface area contributed by atoms with Gasteiger partial charge in [-0.15, -0.1) is 0 Å². The number of nitrogens with one attached hydrogen (secondary N) is 2. The molecule has 2 bridgehead atoms. The highest BCUT2D eigenvalue weighted by Crippen LogP contribution is 2.56. The molecule has 10 heteroatoms. The quantitative estimate of drug-likeness (QED) is 0.565. The molecular formula is C26H32FN5O4. The lowest BCUT2D eigenvalue weighted by atomic mass is 9.83. The second kappa shape index (κ2) is 8.26. The minimum absolute atomic E-state index is 0.0499. The Labute approximate surface area is 208 Å². The third-order valence-electron chi connectivity index (χ3n) is 9.05. The van der Waals surface area contributed by atoms with Gasteiger partial charge in [-0.3, -0.25) is 14.7 Å². The summed E-state index contributed by atoms with van der Waals surface area (Å²) in [5.41, 5.74) is 0.0573. The number of likely N-dealkylation sites (tertiary alicyclic amines) is 1. The summed E-state index contributed by atoms with van der Waals surface area (Å²) in [6.45, 7) is 1.12. The Morgan fingerprint density at radius 3 is 2.69 bits per heavy atom. The van der Waals surface area contributed by atoms with E-state index in [1.165, 1.54) is 13.2 Å². The molecular weight excluding hydrogens is 465 g/mol. The van der Waals surface area contributed by atoms with Gasteiger partial charge in [0.05, 0.1) is 24.6 Å². The molecule has 4 aliphatic rings. The number of H-pyrrole nitrogens is 1. The first kappa shape index (κ1) is 23.4. The van der Waals surface area contributed by atoms with E-state index in [-0.39, 0.29) is 45.8 Å². The number of fused-ring (bicyclic) bond motifs is 2. The van der Waals surface area contributed by atoms with Crippen LogP contribution in [0.25, 0.3) is 11.3 Å². The summed E-state index contributed by atoms with van der Waals surface area (Å²) < 4.78 is 19.4. The van der Waals surface area contributed by atoms with Crippen molar-refractivity contribution in [2.45, 2.75) is 68.9 Å². The van der Waals surface area contributed by atoms with Crippen LogP contribution >= 0.6 is 0 Å². The highest BCUT2D eigenvalue weighted by molar-refractivity contribution is 5.94. The van der Waals surface area contributed by atoms with Crippen molar-refractivity contribution in [3.8, 4) is 17.1 Å². The summed E-state index contributed by atoms with van der Waals surface area (Å²) in [5.74, 6) is -0.534. The van der Waals surface area contributed by atoms with E-state index >= 15 is 0 Å². The van der Waals surface area contributed by atoms with Gasteiger partial charge in [0.2, 0.25) is 11.8 Å². The summed E-state index contributed by atoms with van der Waals surface area (Å²) >= 11 is 0. The van der Waals surface area contributed by atoms with Crippen LogP contribution in [-0.2, 0) is 4.79 Å². The van der Waals surface area contributed by atoms with Crippen LogP contribution in [0.4, 0.5) is 4.39 Å². The molecule has 2 aromatic rings. The van der Waals surface area contributed by atoms with E-state index in [0.717, 1.165) is 51.1 Å². The van der Waals surface area contributed by atoms with E-state index in [1.54, 1.807) is 6.07 Å². The van der Waals surface area contributed by atoms with Gasteiger partial charge in [0.15, 0.2) is 11.5 Å². The van der Waals surface area contributed by atoms with Gasteiger partial charge in [0.1, 0.15) is 0 Å². The molecule has 1 spiro atoms. The highest BCUT2D eigenvalue weighted by atomic mass is 19.1. The Kier molecular flexibility index (Phi) is 5.37. The van der Waals surface area contributed by atoms with E-state index in [2.05, 4.69) is 20.5 Å². The van der Waals surface area contributed by atoms with Crippen LogP contribution in [-0.4, -0.2) is 68.3 Å². The molecule has 1 atom stereocenters. The Morgan fingerprint density at radius 1 is 1.25 bits per heavy atom. The van der Waals surface area contributed by atoms with Crippen LogP contribution in [0.3, 0.4) is 0 Å². The molecule has 2 aromatic heterocycles. The third-order valence-corrected chi connectivity index (χ3v) is 9.05. The summed E-state index contributed by atoms with van der Waals surface area (Å²) in [4.78, 5) is 32.2. The predicted molar refractivity (Wildman–Crippen MR) is 128 cm³/mol. The zero-order valence-corrected chi connectivity index (χ0v) is 20.5. The number of ether oxygens (including phenoxy) is 1. The molecule has 3 N–H and O–H groups in total. The SMILES string of the molecule is COc1cc(-c2cc(C(=O)N3CC[C@@H](C(=O)NCC45CCC(O)(CC4)C5)CC34CC4)n[nH]2)c(F)cn1. The van der Waals surface area contributed by atoms with Crippen LogP contribution in [0.15, 0.2) is 18.3 Å². The van der Waals surface area contributed by atoms with Gasteiger partial charge in [0.25, 0.3) is 5.91 Å². The van der Waals surface area contributed by atoms with Gasteiger partial charge in [0, 0.05) is 36.2 Å². The number of carbonyl (C=O) groups is 2. The van der Waals surface area contributed by atoms with Gasteiger partial charge in [-0.25, -0.2) is 9.37 Å². The van der Waals surface area contributed by atoms with E-state index in [1.807, 2.05) is 4.90 Å². The average molecular weight is 498 g/mol. The first-order chi connectivity index (χ1) is 17.2. The van der Waals surface area contributed by atoms with E-state index in [9.17, 15) is 19.1 Å². The molecule has 3 aliphatic carbocycles. The van der Waals surface area contributed by atoms with Crippen molar-refractivity contribution in [3.63, 3.8) is 0 Å². The second-order valence-electron chi connectivity index (χ2n) is 11.4. The van der Waals surface area contributed by atoms with Gasteiger partial charge in [-0.2, -0.15) is 5.10 Å². The number of hydrogen-bond acceptors (Lipinski definition) is 6. The number of hydrogen-bond donors (Lipinski definition) is 3. The zero-order valence-electron chi connectivity index (χ0n) is 20.5. The summed E-state index contributed by atoms with van der Waals surface area (Å²) in [7, 11) is 1.45. The largest absolute Gasteiger partial charge is 0.481 e. The smallest absolute Gasteiger partial charge is 0.274 e. The molecule has 4 fully saturated rings.